The van der Waals surface area contributed by atoms with Gasteiger partial charge in [-0.3, -0.25) is 0 Å². The maximum atomic E-state index is 12.4. The molecule has 0 bridgehead atoms. The molecule has 4 rings (SSSR count). The van der Waals surface area contributed by atoms with Gasteiger partial charge in [0.05, 0.1) is 17.0 Å². The van der Waals surface area contributed by atoms with Crippen molar-refractivity contribution in [1.82, 2.24) is 24.5 Å². The predicted octanol–water partition coefficient (Wildman–Crippen LogP) is 2.81. The Labute approximate surface area is 183 Å². The number of sulfonamides is 1. The standard InChI is InChI=1S/C20H18ClN5O4S/c1-29-14-6-8-15(9-7-14)31(27,28)22-12-13-30-19-11-10-18-23-24-20(26(18)25-19)16-4-2-3-5-17(16)21/h2-11,22H,12-13H2,1H3. The van der Waals surface area contributed by atoms with Gasteiger partial charge in [0, 0.05) is 18.2 Å². The number of fused-ring (bicyclic) bond motifs is 1. The van der Waals surface area contributed by atoms with Crippen molar-refractivity contribution in [2.75, 3.05) is 20.3 Å². The summed E-state index contributed by atoms with van der Waals surface area (Å²) < 4.78 is 39.4. The second kappa shape index (κ2) is 8.88. The molecule has 1 N–H and O–H groups in total. The molecule has 0 saturated carbocycles. The number of methoxy groups -OCH3 is 1. The summed E-state index contributed by atoms with van der Waals surface area (Å²) in [5, 5.41) is 13.1. The van der Waals surface area contributed by atoms with Crippen molar-refractivity contribution in [2.24, 2.45) is 0 Å². The Morgan fingerprint density at radius 3 is 2.55 bits per heavy atom. The van der Waals surface area contributed by atoms with E-state index in [0.717, 1.165) is 0 Å². The number of halogens is 1. The summed E-state index contributed by atoms with van der Waals surface area (Å²) in [5.41, 5.74) is 1.22. The van der Waals surface area contributed by atoms with Gasteiger partial charge < -0.3 is 9.47 Å². The summed E-state index contributed by atoms with van der Waals surface area (Å²) in [7, 11) is -2.14. The summed E-state index contributed by atoms with van der Waals surface area (Å²) in [6, 6.07) is 16.7. The average molecular weight is 460 g/mol. The first-order chi connectivity index (χ1) is 15.0. The molecule has 31 heavy (non-hydrogen) atoms. The molecule has 0 aliphatic heterocycles. The third-order valence-corrected chi connectivity index (χ3v) is 6.17. The lowest BCUT2D eigenvalue weighted by Crippen LogP contribution is -2.28. The van der Waals surface area contributed by atoms with E-state index in [1.165, 1.54) is 23.8 Å². The number of ether oxygens (including phenoxy) is 2. The summed E-state index contributed by atoms with van der Waals surface area (Å²) in [4.78, 5) is 0.140. The molecule has 0 fully saturated rings. The molecule has 9 nitrogen and oxygen atoms in total. The molecule has 0 saturated heterocycles. The van der Waals surface area contributed by atoms with Gasteiger partial charge in [0.2, 0.25) is 15.9 Å². The van der Waals surface area contributed by atoms with Crippen LogP contribution >= 0.6 is 11.6 Å². The van der Waals surface area contributed by atoms with Crippen LogP contribution in [-0.4, -0.2) is 48.5 Å². The third kappa shape index (κ3) is 4.61. The number of rotatable bonds is 8. The van der Waals surface area contributed by atoms with Crippen molar-refractivity contribution in [3.63, 3.8) is 0 Å². The van der Waals surface area contributed by atoms with Crippen LogP contribution in [0.2, 0.25) is 5.02 Å². The Morgan fingerprint density at radius 1 is 1.03 bits per heavy atom. The SMILES string of the molecule is COc1ccc(S(=O)(=O)NCCOc2ccc3nnc(-c4ccccc4Cl)n3n2)cc1. The van der Waals surface area contributed by atoms with Crippen LogP contribution in [0.4, 0.5) is 0 Å². The molecule has 0 amide bonds. The van der Waals surface area contributed by atoms with Gasteiger partial charge in [0.1, 0.15) is 12.4 Å². The van der Waals surface area contributed by atoms with Gasteiger partial charge in [-0.25, -0.2) is 13.1 Å². The summed E-state index contributed by atoms with van der Waals surface area (Å²) in [6.07, 6.45) is 0. The highest BCUT2D eigenvalue weighted by atomic mass is 35.5. The minimum atomic E-state index is -3.66. The lowest BCUT2D eigenvalue weighted by molar-refractivity contribution is 0.306. The summed E-state index contributed by atoms with van der Waals surface area (Å²) >= 11 is 6.26. The Balaban J connectivity index is 1.42. The van der Waals surface area contributed by atoms with E-state index < -0.39 is 10.0 Å². The van der Waals surface area contributed by atoms with Crippen LogP contribution in [-0.2, 0) is 10.0 Å². The Hall–Kier alpha value is -3.21. The molecule has 2 aromatic carbocycles. The van der Waals surface area contributed by atoms with Gasteiger partial charge in [-0.2, -0.15) is 4.52 Å². The third-order valence-electron chi connectivity index (χ3n) is 4.37. The number of hydrogen-bond acceptors (Lipinski definition) is 7. The largest absolute Gasteiger partial charge is 0.497 e. The van der Waals surface area contributed by atoms with Gasteiger partial charge in [-0.05, 0) is 42.5 Å². The van der Waals surface area contributed by atoms with Crippen molar-refractivity contribution in [1.29, 1.82) is 0 Å². The smallest absolute Gasteiger partial charge is 0.240 e. The number of nitrogens with zero attached hydrogens (tertiary/aromatic N) is 4. The average Bonchev–Trinajstić information content (AvgIpc) is 3.20. The van der Waals surface area contributed by atoms with E-state index in [1.54, 1.807) is 30.3 Å². The molecule has 0 atom stereocenters. The van der Waals surface area contributed by atoms with E-state index >= 15 is 0 Å². The van der Waals surface area contributed by atoms with Crippen LogP contribution in [0.15, 0.2) is 65.6 Å². The highest BCUT2D eigenvalue weighted by Crippen LogP contribution is 2.26. The zero-order valence-electron chi connectivity index (χ0n) is 16.4. The quantitative estimate of drug-likeness (QED) is 0.403. The van der Waals surface area contributed by atoms with Crippen LogP contribution in [0, 0.1) is 0 Å². The van der Waals surface area contributed by atoms with Crippen LogP contribution < -0.4 is 14.2 Å². The van der Waals surface area contributed by atoms with Crippen molar-refractivity contribution in [3.05, 3.63) is 65.7 Å². The van der Waals surface area contributed by atoms with Crippen molar-refractivity contribution in [3.8, 4) is 23.0 Å². The summed E-state index contributed by atoms with van der Waals surface area (Å²) in [5.74, 6) is 1.35. The van der Waals surface area contributed by atoms with E-state index in [0.29, 0.717) is 33.7 Å². The molecule has 2 heterocycles. The lowest BCUT2D eigenvalue weighted by Gasteiger charge is -2.09. The first-order valence-corrected chi connectivity index (χ1v) is 11.1. The fraction of sp³-hybridized carbons (Fsp3) is 0.150. The maximum absolute atomic E-state index is 12.4. The minimum absolute atomic E-state index is 0.0631. The molecule has 0 radical (unpaired) electrons. The molecule has 11 heteroatoms. The van der Waals surface area contributed by atoms with Gasteiger partial charge in [0.25, 0.3) is 0 Å². The maximum Gasteiger partial charge on any atom is 0.240 e. The molecular weight excluding hydrogens is 442 g/mol. The molecule has 0 spiro atoms. The van der Waals surface area contributed by atoms with Gasteiger partial charge in [-0.1, -0.05) is 23.7 Å². The van der Waals surface area contributed by atoms with Gasteiger partial charge in [-0.15, -0.1) is 15.3 Å². The fourth-order valence-corrected chi connectivity index (χ4v) is 4.06. The van der Waals surface area contributed by atoms with Crippen LogP contribution in [0.25, 0.3) is 17.0 Å². The van der Waals surface area contributed by atoms with E-state index in [9.17, 15) is 8.42 Å². The monoisotopic (exact) mass is 459 g/mol. The van der Waals surface area contributed by atoms with Crippen molar-refractivity contribution >= 4 is 27.3 Å². The number of benzene rings is 2. The van der Waals surface area contributed by atoms with E-state index in [4.69, 9.17) is 21.1 Å². The minimum Gasteiger partial charge on any atom is -0.497 e. The van der Waals surface area contributed by atoms with Gasteiger partial charge in [0.15, 0.2) is 11.5 Å². The Kier molecular flexibility index (Phi) is 6.03. The van der Waals surface area contributed by atoms with E-state index in [1.807, 2.05) is 18.2 Å². The molecule has 0 aliphatic rings. The zero-order valence-corrected chi connectivity index (χ0v) is 18.0. The highest BCUT2D eigenvalue weighted by molar-refractivity contribution is 7.89. The van der Waals surface area contributed by atoms with Crippen molar-refractivity contribution < 1.29 is 17.9 Å². The first-order valence-electron chi connectivity index (χ1n) is 9.22. The van der Waals surface area contributed by atoms with Crippen LogP contribution in [0.5, 0.6) is 11.6 Å². The number of nitrogens with one attached hydrogen (secondary N) is 1. The zero-order chi connectivity index (χ0) is 21.8. The second-order valence-corrected chi connectivity index (χ2v) is 8.54. The molecule has 0 unspecified atom stereocenters. The number of aromatic nitrogens is 4. The fourth-order valence-electron chi connectivity index (χ4n) is 2.83. The number of hydrogen-bond donors (Lipinski definition) is 1. The molecule has 4 aromatic rings. The molecular formula is C20H18ClN5O4S. The van der Waals surface area contributed by atoms with Crippen LogP contribution in [0.1, 0.15) is 0 Å². The Morgan fingerprint density at radius 2 is 1.81 bits per heavy atom. The topological polar surface area (TPSA) is 108 Å². The summed E-state index contributed by atoms with van der Waals surface area (Å²) in [6.45, 7) is 0.144. The molecule has 0 aliphatic carbocycles. The lowest BCUT2D eigenvalue weighted by atomic mass is 10.2. The van der Waals surface area contributed by atoms with Crippen molar-refractivity contribution in [2.45, 2.75) is 4.90 Å². The Bertz CT molecular complexity index is 1310. The van der Waals surface area contributed by atoms with Gasteiger partial charge >= 0.3 is 0 Å². The van der Waals surface area contributed by atoms with Crippen LogP contribution in [0.3, 0.4) is 0 Å². The first kappa shape index (κ1) is 21.0. The second-order valence-electron chi connectivity index (χ2n) is 6.37. The predicted molar refractivity (Wildman–Crippen MR) is 115 cm³/mol. The van der Waals surface area contributed by atoms with E-state index in [2.05, 4.69) is 20.0 Å². The normalized spacial score (nSPS) is 11.5. The highest BCUT2D eigenvalue weighted by Gasteiger charge is 2.15. The molecule has 2 aromatic heterocycles. The molecule has 160 valence electrons. The van der Waals surface area contributed by atoms with E-state index in [-0.39, 0.29) is 18.0 Å².